The van der Waals surface area contributed by atoms with Gasteiger partial charge in [-0.15, -0.1) is 0 Å². The molecule has 1 N–H and O–H groups in total. The number of nitrogens with one attached hydrogen (secondary N) is 1. The van der Waals surface area contributed by atoms with Gasteiger partial charge in [-0.2, -0.15) is 0 Å². The molecule has 4 rings (SSSR count). The predicted octanol–water partition coefficient (Wildman–Crippen LogP) is 4.22. The molecule has 0 unspecified atom stereocenters. The largest absolute Gasteiger partial charge is 0.489 e. The fourth-order valence-corrected chi connectivity index (χ4v) is 5.70. The molecule has 8 heteroatoms. The molecule has 3 aromatic rings. The zero-order valence-electron chi connectivity index (χ0n) is 18.3. The van der Waals surface area contributed by atoms with E-state index in [1.165, 1.54) is 24.3 Å². The average Bonchev–Trinajstić information content (AvgIpc) is 2.96. The van der Waals surface area contributed by atoms with Crippen molar-refractivity contribution in [3.8, 4) is 5.75 Å². The zero-order chi connectivity index (χ0) is 23.6. The Kier molecular flexibility index (Phi) is 5.95. The van der Waals surface area contributed by atoms with Crippen LogP contribution in [0.3, 0.4) is 0 Å². The van der Waals surface area contributed by atoms with Gasteiger partial charge in [0.15, 0.2) is 0 Å². The number of carbonyl (C=O) groups is 2. The Bertz CT molecular complexity index is 1270. The van der Waals surface area contributed by atoms with Gasteiger partial charge in [-0.05, 0) is 67.9 Å². The summed E-state index contributed by atoms with van der Waals surface area (Å²) < 4.78 is 31.4. The van der Waals surface area contributed by atoms with E-state index in [4.69, 9.17) is 4.74 Å². The zero-order valence-corrected chi connectivity index (χ0v) is 19.1. The van der Waals surface area contributed by atoms with Gasteiger partial charge in [-0.3, -0.25) is 9.59 Å². The lowest BCUT2D eigenvalue weighted by Gasteiger charge is -2.17. The van der Waals surface area contributed by atoms with E-state index in [1.807, 2.05) is 30.3 Å². The molecule has 170 valence electrons. The van der Waals surface area contributed by atoms with Gasteiger partial charge in [-0.1, -0.05) is 30.3 Å². The van der Waals surface area contributed by atoms with E-state index in [0.717, 1.165) is 9.87 Å². The van der Waals surface area contributed by atoms with Crippen LogP contribution in [0.15, 0.2) is 78.9 Å². The lowest BCUT2D eigenvalue weighted by atomic mass is 9.95. The number of ether oxygens (including phenoxy) is 1. The highest BCUT2D eigenvalue weighted by Crippen LogP contribution is 2.35. The Morgan fingerprint density at radius 3 is 2.18 bits per heavy atom. The van der Waals surface area contributed by atoms with Gasteiger partial charge in [-0.25, -0.2) is 12.7 Å². The molecule has 1 fully saturated rings. The Balaban J connectivity index is 1.39. The number of amides is 2. The van der Waals surface area contributed by atoms with Crippen molar-refractivity contribution in [3.63, 3.8) is 0 Å². The lowest BCUT2D eigenvalue weighted by molar-refractivity contribution is -0.123. The lowest BCUT2D eigenvalue weighted by Crippen LogP contribution is -2.32. The summed E-state index contributed by atoms with van der Waals surface area (Å²) >= 11 is 0. The molecule has 2 amide bonds. The molecule has 0 aliphatic carbocycles. The molecule has 0 aromatic heterocycles. The smallest absolute Gasteiger partial charge is 0.255 e. The first-order chi connectivity index (χ1) is 15.7. The van der Waals surface area contributed by atoms with E-state index >= 15 is 0 Å². The second-order valence-corrected chi connectivity index (χ2v) is 10.3. The predicted molar refractivity (Wildman–Crippen MR) is 127 cm³/mol. The van der Waals surface area contributed by atoms with Gasteiger partial charge >= 0.3 is 0 Å². The van der Waals surface area contributed by atoms with Gasteiger partial charge < -0.3 is 10.1 Å². The van der Waals surface area contributed by atoms with Crippen molar-refractivity contribution in [2.24, 2.45) is 5.41 Å². The molecule has 0 saturated carbocycles. The van der Waals surface area contributed by atoms with E-state index in [1.54, 1.807) is 38.1 Å². The first-order valence-corrected chi connectivity index (χ1v) is 12.0. The van der Waals surface area contributed by atoms with Crippen LogP contribution in [0.4, 0.5) is 11.4 Å². The quantitative estimate of drug-likeness (QED) is 0.590. The van der Waals surface area contributed by atoms with E-state index in [9.17, 15) is 18.0 Å². The minimum absolute atomic E-state index is 0.224. The minimum atomic E-state index is -3.73. The van der Waals surface area contributed by atoms with Crippen molar-refractivity contribution in [2.75, 3.05) is 15.4 Å². The number of sulfonamides is 1. The third-order valence-corrected chi connectivity index (χ3v) is 7.33. The number of anilines is 2. The average molecular weight is 465 g/mol. The third kappa shape index (κ3) is 4.90. The molecule has 0 radical (unpaired) electrons. The van der Waals surface area contributed by atoms with Crippen molar-refractivity contribution < 1.29 is 22.7 Å². The van der Waals surface area contributed by atoms with Crippen LogP contribution in [0.25, 0.3) is 0 Å². The van der Waals surface area contributed by atoms with Crippen LogP contribution in [0.5, 0.6) is 5.75 Å². The van der Waals surface area contributed by atoms with Crippen LogP contribution in [-0.2, 0) is 21.4 Å². The second-order valence-electron chi connectivity index (χ2n) is 8.51. The molecule has 1 aliphatic heterocycles. The molecule has 0 spiro atoms. The van der Waals surface area contributed by atoms with E-state index in [2.05, 4.69) is 5.32 Å². The molecule has 1 aliphatic rings. The molecule has 1 saturated heterocycles. The van der Waals surface area contributed by atoms with Crippen LogP contribution < -0.4 is 14.4 Å². The Morgan fingerprint density at radius 2 is 1.61 bits per heavy atom. The number of nitrogens with zero attached hydrogens (tertiary/aromatic N) is 1. The molecule has 3 aromatic carbocycles. The van der Waals surface area contributed by atoms with Gasteiger partial charge in [0.1, 0.15) is 12.4 Å². The van der Waals surface area contributed by atoms with Crippen molar-refractivity contribution in [2.45, 2.75) is 20.5 Å². The highest BCUT2D eigenvalue weighted by molar-refractivity contribution is 7.94. The topological polar surface area (TPSA) is 92.8 Å². The maximum absolute atomic E-state index is 12.6. The van der Waals surface area contributed by atoms with Crippen molar-refractivity contribution >= 4 is 33.2 Å². The monoisotopic (exact) mass is 464 g/mol. The normalized spacial score (nSPS) is 16.4. The highest BCUT2D eigenvalue weighted by Gasteiger charge is 2.49. The molecule has 33 heavy (non-hydrogen) atoms. The first-order valence-electron chi connectivity index (χ1n) is 10.4. The summed E-state index contributed by atoms with van der Waals surface area (Å²) in [7, 11) is -3.73. The standard InChI is InChI=1S/C25H24N2O5S/c1-25(2)17-33(30,31)27(24(25)29)21-12-8-19(9-13-21)23(28)26-20-10-14-22(15-11-20)32-16-18-6-4-3-5-7-18/h3-15H,16-17H2,1-2H3,(H,26,28). The molecular weight excluding hydrogens is 440 g/mol. The van der Waals surface area contributed by atoms with E-state index in [-0.39, 0.29) is 17.3 Å². The summed E-state index contributed by atoms with van der Waals surface area (Å²) in [5.41, 5.74) is 1.24. The number of hydrogen-bond acceptors (Lipinski definition) is 5. The van der Waals surface area contributed by atoms with Gasteiger partial charge in [0.05, 0.1) is 16.9 Å². The second kappa shape index (κ2) is 8.71. The first kappa shape index (κ1) is 22.5. The molecule has 0 atom stereocenters. The van der Waals surface area contributed by atoms with Crippen molar-refractivity contribution in [1.82, 2.24) is 0 Å². The van der Waals surface area contributed by atoms with E-state index < -0.39 is 21.3 Å². The van der Waals surface area contributed by atoms with Crippen LogP contribution in [0, 0.1) is 5.41 Å². The van der Waals surface area contributed by atoms with Gasteiger partial charge in [0.25, 0.3) is 5.91 Å². The third-order valence-electron chi connectivity index (χ3n) is 5.31. The molecule has 0 bridgehead atoms. The molecule has 7 nitrogen and oxygen atoms in total. The maximum Gasteiger partial charge on any atom is 0.255 e. The number of benzene rings is 3. The summed E-state index contributed by atoms with van der Waals surface area (Å²) in [4.78, 5) is 25.1. The molecular formula is C25H24N2O5S. The fraction of sp³-hybridized carbons (Fsp3) is 0.200. The highest BCUT2D eigenvalue weighted by atomic mass is 32.2. The Hall–Kier alpha value is -3.65. The van der Waals surface area contributed by atoms with Crippen molar-refractivity contribution in [3.05, 3.63) is 90.0 Å². The number of carbonyl (C=O) groups excluding carboxylic acids is 2. The van der Waals surface area contributed by atoms with Crippen molar-refractivity contribution in [1.29, 1.82) is 0 Å². The Labute approximate surface area is 193 Å². The minimum Gasteiger partial charge on any atom is -0.489 e. The van der Waals surface area contributed by atoms with E-state index in [0.29, 0.717) is 23.6 Å². The molecule has 1 heterocycles. The van der Waals surface area contributed by atoms with Gasteiger partial charge in [0.2, 0.25) is 15.9 Å². The van der Waals surface area contributed by atoms with Crippen LogP contribution in [0.1, 0.15) is 29.8 Å². The van der Waals surface area contributed by atoms with Crippen LogP contribution in [-0.4, -0.2) is 26.0 Å². The summed E-state index contributed by atoms with van der Waals surface area (Å²) in [5.74, 6) is -0.392. The SMILES string of the molecule is CC1(C)CS(=O)(=O)N(c2ccc(C(=O)Nc3ccc(OCc4ccccc4)cc3)cc2)C1=O. The summed E-state index contributed by atoms with van der Waals surface area (Å²) in [6.45, 7) is 3.66. The summed E-state index contributed by atoms with van der Waals surface area (Å²) in [5, 5.41) is 2.79. The van der Waals surface area contributed by atoms with Crippen LogP contribution >= 0.6 is 0 Å². The van der Waals surface area contributed by atoms with Crippen LogP contribution in [0.2, 0.25) is 0 Å². The fourth-order valence-electron chi connectivity index (χ4n) is 3.59. The summed E-state index contributed by atoms with van der Waals surface area (Å²) in [6, 6.07) is 22.8. The Morgan fingerprint density at radius 1 is 0.970 bits per heavy atom. The summed E-state index contributed by atoms with van der Waals surface area (Å²) in [6.07, 6.45) is 0. The number of hydrogen-bond donors (Lipinski definition) is 1. The number of rotatable bonds is 6. The van der Waals surface area contributed by atoms with Gasteiger partial charge in [0, 0.05) is 11.3 Å². The maximum atomic E-state index is 12.6.